The summed E-state index contributed by atoms with van der Waals surface area (Å²) in [7, 11) is 0. The van der Waals surface area contributed by atoms with Crippen molar-refractivity contribution in [3.63, 3.8) is 0 Å². The van der Waals surface area contributed by atoms with Crippen molar-refractivity contribution in [1.29, 1.82) is 0 Å². The zero-order valence-electron chi connectivity index (χ0n) is 27.1. The first-order chi connectivity index (χ1) is 21.7. The van der Waals surface area contributed by atoms with Gasteiger partial charge in [0.15, 0.2) is 0 Å². The molecule has 240 valence electrons. The molecule has 10 nitrogen and oxygen atoms in total. The van der Waals surface area contributed by atoms with Gasteiger partial charge in [-0.25, -0.2) is 19.7 Å². The van der Waals surface area contributed by atoms with Gasteiger partial charge in [-0.1, -0.05) is 43.3 Å². The second kappa shape index (κ2) is 14.7. The van der Waals surface area contributed by atoms with E-state index in [9.17, 15) is 9.59 Å². The van der Waals surface area contributed by atoms with Crippen LogP contribution >= 0.6 is 0 Å². The summed E-state index contributed by atoms with van der Waals surface area (Å²) in [6.07, 6.45) is 7.40. The molecule has 1 aromatic carbocycles. The van der Waals surface area contributed by atoms with Crippen LogP contribution < -0.4 is 20.9 Å². The molecule has 1 amide bonds. The van der Waals surface area contributed by atoms with Gasteiger partial charge in [-0.3, -0.25) is 4.79 Å². The third-order valence-electron chi connectivity index (χ3n) is 8.39. The van der Waals surface area contributed by atoms with Crippen molar-refractivity contribution in [2.24, 2.45) is 0 Å². The van der Waals surface area contributed by atoms with E-state index in [-0.39, 0.29) is 18.9 Å². The monoisotopic (exact) mass is 613 g/mol. The van der Waals surface area contributed by atoms with Gasteiger partial charge in [0.1, 0.15) is 35.4 Å². The second-order valence-electron chi connectivity index (χ2n) is 12.9. The van der Waals surface area contributed by atoms with E-state index in [1.165, 1.54) is 11.3 Å². The molecule has 2 aliphatic heterocycles. The Hall–Kier alpha value is -4.21. The molecule has 45 heavy (non-hydrogen) atoms. The summed E-state index contributed by atoms with van der Waals surface area (Å²) in [4.78, 5) is 42.6. The van der Waals surface area contributed by atoms with Crippen LogP contribution in [-0.2, 0) is 33.6 Å². The molecule has 5 rings (SSSR count). The van der Waals surface area contributed by atoms with Gasteiger partial charge >= 0.3 is 5.97 Å². The molecule has 10 heteroatoms. The summed E-state index contributed by atoms with van der Waals surface area (Å²) in [6, 6.07) is 13.4. The molecule has 0 radical (unpaired) electrons. The number of nitrogens with zero attached hydrogens (tertiary/aromatic N) is 4. The van der Waals surface area contributed by atoms with Crippen LogP contribution in [0.3, 0.4) is 0 Å². The zero-order chi connectivity index (χ0) is 31.8. The molecule has 3 N–H and O–H groups in total. The van der Waals surface area contributed by atoms with Crippen molar-refractivity contribution in [3.05, 3.63) is 71.2 Å². The number of anilines is 3. The number of pyridine rings is 1. The van der Waals surface area contributed by atoms with Gasteiger partial charge in [0, 0.05) is 49.8 Å². The number of aromatic nitrogens is 3. The molecule has 0 spiro atoms. The van der Waals surface area contributed by atoms with E-state index in [0.717, 1.165) is 74.5 Å². The number of ether oxygens (including phenoxy) is 1. The number of fused-ring (bicyclic) bond motifs is 1. The molecule has 0 saturated carbocycles. The Morgan fingerprint density at radius 1 is 1.09 bits per heavy atom. The smallest absolute Gasteiger partial charge is 0.331 e. The van der Waals surface area contributed by atoms with Crippen LogP contribution in [0.2, 0.25) is 0 Å². The zero-order valence-corrected chi connectivity index (χ0v) is 27.1. The Labute approximate surface area is 266 Å². The number of amides is 1. The van der Waals surface area contributed by atoms with Gasteiger partial charge in [-0.2, -0.15) is 0 Å². The maximum atomic E-state index is 13.2. The Balaban J connectivity index is 1.23. The first kappa shape index (κ1) is 32.2. The molecule has 0 bridgehead atoms. The fraction of sp³-hybridized carbons (Fsp3) is 0.514. The first-order valence-electron chi connectivity index (χ1n) is 16.3. The number of esters is 1. The lowest BCUT2D eigenvalue weighted by atomic mass is 9.92. The third kappa shape index (κ3) is 8.71. The molecule has 0 aliphatic carbocycles. The number of nitrogens with one attached hydrogen (secondary N) is 3. The SMILES string of the molecule is CCc1c(NC[C@H](NC(=O)CCc2ccccc2)C(=O)OC(C)(C)C)ncnc1N1CCC(c2ccc3c(n2)NCCC3)CC1. The Morgan fingerprint density at radius 3 is 2.60 bits per heavy atom. The summed E-state index contributed by atoms with van der Waals surface area (Å²) < 4.78 is 5.66. The lowest BCUT2D eigenvalue weighted by Crippen LogP contribution is -2.48. The van der Waals surface area contributed by atoms with Crippen LogP contribution in [0.4, 0.5) is 17.5 Å². The van der Waals surface area contributed by atoms with Crippen molar-refractivity contribution < 1.29 is 14.3 Å². The fourth-order valence-corrected chi connectivity index (χ4v) is 6.05. The van der Waals surface area contributed by atoms with E-state index in [1.807, 2.05) is 51.1 Å². The quantitative estimate of drug-likeness (QED) is 0.255. The van der Waals surface area contributed by atoms with Crippen LogP contribution in [0.15, 0.2) is 48.8 Å². The highest BCUT2D eigenvalue weighted by molar-refractivity contribution is 5.85. The van der Waals surface area contributed by atoms with E-state index >= 15 is 0 Å². The van der Waals surface area contributed by atoms with Crippen LogP contribution in [0.5, 0.6) is 0 Å². The van der Waals surface area contributed by atoms with E-state index in [1.54, 1.807) is 6.33 Å². The molecule has 1 saturated heterocycles. The molecule has 1 atom stereocenters. The average Bonchev–Trinajstić information content (AvgIpc) is 3.05. The number of benzene rings is 1. The van der Waals surface area contributed by atoms with Crippen molar-refractivity contribution >= 4 is 29.3 Å². The Kier molecular flexibility index (Phi) is 10.5. The number of hydrogen-bond acceptors (Lipinski definition) is 9. The standard InChI is InChI=1S/C35H47N7O3/c1-5-27-32(37-22-29(34(44)45-35(2,3)4)40-30(43)16-13-24-10-7-6-8-11-24)38-23-39-33(27)42-20-17-25(18-21-42)28-15-14-26-12-9-19-36-31(26)41-28/h6-8,10-11,14-15,23,25,29H,5,9,12-13,16-22H2,1-4H3,(H,36,41)(H,40,43)(H,37,38,39)/t29-/m0/s1. The maximum absolute atomic E-state index is 13.2. The van der Waals surface area contributed by atoms with Gasteiger partial charge in [0.2, 0.25) is 5.91 Å². The number of rotatable bonds is 11. The average molecular weight is 614 g/mol. The normalized spacial score (nSPS) is 15.9. The summed E-state index contributed by atoms with van der Waals surface area (Å²) in [5.74, 6) is 2.36. The van der Waals surface area contributed by atoms with E-state index < -0.39 is 17.6 Å². The highest BCUT2D eigenvalue weighted by Crippen LogP contribution is 2.33. The topological polar surface area (TPSA) is 121 Å². The summed E-state index contributed by atoms with van der Waals surface area (Å²) in [5, 5.41) is 9.70. The minimum absolute atomic E-state index is 0.148. The highest BCUT2D eigenvalue weighted by atomic mass is 16.6. The highest BCUT2D eigenvalue weighted by Gasteiger charge is 2.29. The van der Waals surface area contributed by atoms with Crippen LogP contribution in [0, 0.1) is 0 Å². The minimum atomic E-state index is -0.870. The Morgan fingerprint density at radius 2 is 1.87 bits per heavy atom. The molecular weight excluding hydrogens is 566 g/mol. The van der Waals surface area contributed by atoms with Crippen molar-refractivity contribution in [2.45, 2.75) is 90.2 Å². The number of piperidine rings is 1. The third-order valence-corrected chi connectivity index (χ3v) is 8.39. The predicted octanol–water partition coefficient (Wildman–Crippen LogP) is 5.05. The summed E-state index contributed by atoms with van der Waals surface area (Å²) in [5.41, 5.74) is 3.86. The van der Waals surface area contributed by atoms with Gasteiger partial charge < -0.3 is 25.6 Å². The number of carbonyl (C=O) groups is 2. The second-order valence-corrected chi connectivity index (χ2v) is 12.9. The van der Waals surface area contributed by atoms with Crippen molar-refractivity contribution in [2.75, 3.05) is 41.7 Å². The summed E-state index contributed by atoms with van der Waals surface area (Å²) >= 11 is 0. The van der Waals surface area contributed by atoms with Gasteiger partial charge in [0.05, 0.1) is 0 Å². The lowest BCUT2D eigenvalue weighted by molar-refractivity contribution is -0.158. The molecule has 3 aromatic rings. The predicted molar refractivity (Wildman–Crippen MR) is 178 cm³/mol. The van der Waals surface area contributed by atoms with Gasteiger partial charge in [-0.05, 0) is 76.5 Å². The van der Waals surface area contributed by atoms with Crippen LogP contribution in [0.25, 0.3) is 0 Å². The Bertz CT molecular complexity index is 1450. The van der Waals surface area contributed by atoms with Crippen molar-refractivity contribution in [3.8, 4) is 0 Å². The maximum Gasteiger partial charge on any atom is 0.331 e. The van der Waals surface area contributed by atoms with E-state index in [2.05, 4.69) is 49.9 Å². The number of aryl methyl sites for hydroxylation is 2. The van der Waals surface area contributed by atoms with Crippen LogP contribution in [-0.4, -0.2) is 64.7 Å². The molecular formula is C35H47N7O3. The van der Waals surface area contributed by atoms with E-state index in [4.69, 9.17) is 9.72 Å². The van der Waals surface area contributed by atoms with Crippen molar-refractivity contribution in [1.82, 2.24) is 20.3 Å². The molecule has 2 aliphatic rings. The first-order valence-corrected chi connectivity index (χ1v) is 16.3. The van der Waals surface area contributed by atoms with E-state index in [0.29, 0.717) is 18.2 Å². The fourth-order valence-electron chi connectivity index (χ4n) is 6.05. The minimum Gasteiger partial charge on any atom is -0.458 e. The summed E-state index contributed by atoms with van der Waals surface area (Å²) in [6.45, 7) is 10.4. The molecule has 2 aromatic heterocycles. The van der Waals surface area contributed by atoms with Gasteiger partial charge in [-0.15, -0.1) is 0 Å². The lowest BCUT2D eigenvalue weighted by Gasteiger charge is -2.34. The molecule has 1 fully saturated rings. The number of carbonyl (C=O) groups excluding carboxylic acids is 2. The largest absolute Gasteiger partial charge is 0.458 e. The molecule has 0 unspecified atom stereocenters. The van der Waals surface area contributed by atoms with Crippen LogP contribution in [0.1, 0.15) is 81.7 Å². The molecule has 4 heterocycles. The number of hydrogen-bond donors (Lipinski definition) is 3. The van der Waals surface area contributed by atoms with Gasteiger partial charge in [0.25, 0.3) is 0 Å².